The van der Waals surface area contributed by atoms with Gasteiger partial charge in [0.05, 0.1) is 0 Å². The molecule has 1 aromatic carbocycles. The molecule has 2 aliphatic rings. The third kappa shape index (κ3) is 3.51. The molecule has 2 unspecified atom stereocenters. The zero-order chi connectivity index (χ0) is 17.2. The number of nitrogens with one attached hydrogen (secondary N) is 1. The van der Waals surface area contributed by atoms with Gasteiger partial charge in [-0.15, -0.1) is 0 Å². The first kappa shape index (κ1) is 16.1. The van der Waals surface area contributed by atoms with E-state index in [4.69, 9.17) is 9.26 Å². The van der Waals surface area contributed by atoms with Crippen LogP contribution in [0.1, 0.15) is 43.7 Å². The minimum Gasteiger partial charge on any atom is -0.444 e. The van der Waals surface area contributed by atoms with Crippen LogP contribution in [-0.2, 0) is 11.3 Å². The Bertz CT molecular complexity index is 754. The number of cyclic esters (lactones) is 1. The number of nitrogens with zero attached hydrogens (tertiary/aromatic N) is 3. The minimum absolute atomic E-state index is 0.328. The SMILES string of the molecule is CC1OC(=O)NC1c1nc(-c2cccc(CN3CCCCC3)c2)no1. The van der Waals surface area contributed by atoms with E-state index in [0.29, 0.717) is 11.7 Å². The van der Waals surface area contributed by atoms with Gasteiger partial charge >= 0.3 is 6.09 Å². The quantitative estimate of drug-likeness (QED) is 0.920. The van der Waals surface area contributed by atoms with E-state index in [0.717, 1.165) is 25.2 Å². The molecule has 0 radical (unpaired) electrons. The van der Waals surface area contributed by atoms with Crippen molar-refractivity contribution in [2.75, 3.05) is 13.1 Å². The number of likely N-dealkylation sites (tertiary alicyclic amines) is 1. The second-order valence-corrected chi connectivity index (χ2v) is 6.73. The van der Waals surface area contributed by atoms with Crippen molar-refractivity contribution < 1.29 is 14.1 Å². The molecule has 1 amide bonds. The topological polar surface area (TPSA) is 80.5 Å². The average molecular weight is 342 g/mol. The van der Waals surface area contributed by atoms with Gasteiger partial charge in [-0.2, -0.15) is 4.98 Å². The summed E-state index contributed by atoms with van der Waals surface area (Å²) in [4.78, 5) is 18.3. The predicted molar refractivity (Wildman–Crippen MR) is 90.7 cm³/mol. The molecule has 3 heterocycles. The zero-order valence-electron chi connectivity index (χ0n) is 14.3. The summed E-state index contributed by atoms with van der Waals surface area (Å²) in [6.45, 7) is 5.07. The maximum absolute atomic E-state index is 11.3. The summed E-state index contributed by atoms with van der Waals surface area (Å²) < 4.78 is 10.4. The van der Waals surface area contributed by atoms with Crippen LogP contribution in [0.2, 0.25) is 0 Å². The van der Waals surface area contributed by atoms with Crippen LogP contribution in [-0.4, -0.2) is 40.3 Å². The zero-order valence-corrected chi connectivity index (χ0v) is 14.3. The lowest BCUT2D eigenvalue weighted by Crippen LogP contribution is -2.29. The fourth-order valence-corrected chi connectivity index (χ4v) is 3.44. The van der Waals surface area contributed by atoms with Crippen molar-refractivity contribution in [1.29, 1.82) is 0 Å². The maximum atomic E-state index is 11.3. The van der Waals surface area contributed by atoms with Gasteiger partial charge in [-0.05, 0) is 44.5 Å². The summed E-state index contributed by atoms with van der Waals surface area (Å²) in [6, 6.07) is 7.84. The molecular weight excluding hydrogens is 320 g/mol. The van der Waals surface area contributed by atoms with E-state index in [1.165, 1.54) is 24.8 Å². The number of hydrogen-bond donors (Lipinski definition) is 1. The molecule has 0 spiro atoms. The fraction of sp³-hybridized carbons (Fsp3) is 0.500. The number of piperidine rings is 1. The number of ether oxygens (including phenoxy) is 1. The molecule has 1 N–H and O–H groups in total. The van der Waals surface area contributed by atoms with Crippen molar-refractivity contribution in [2.45, 2.75) is 44.9 Å². The van der Waals surface area contributed by atoms with E-state index in [1.54, 1.807) is 6.92 Å². The lowest BCUT2D eigenvalue weighted by atomic mass is 10.1. The Hall–Kier alpha value is -2.41. The smallest absolute Gasteiger partial charge is 0.408 e. The second kappa shape index (κ2) is 6.84. The van der Waals surface area contributed by atoms with Gasteiger partial charge in [0.25, 0.3) is 5.89 Å². The molecule has 0 saturated carbocycles. The molecular formula is C18H22N4O3. The summed E-state index contributed by atoms with van der Waals surface area (Å²) in [5.41, 5.74) is 2.17. The molecule has 2 saturated heterocycles. The Morgan fingerprint density at radius 3 is 2.88 bits per heavy atom. The van der Waals surface area contributed by atoms with E-state index in [9.17, 15) is 4.79 Å². The standard InChI is InChI=1S/C18H22N4O3/c1-12-15(19-18(23)24-12)17-20-16(21-25-17)14-7-5-6-13(10-14)11-22-8-3-2-4-9-22/h5-7,10,12,15H,2-4,8-9,11H2,1H3,(H,19,23). The van der Waals surface area contributed by atoms with E-state index in [2.05, 4.69) is 32.5 Å². The molecule has 1 aromatic heterocycles. The van der Waals surface area contributed by atoms with E-state index >= 15 is 0 Å². The van der Waals surface area contributed by atoms with E-state index in [-0.39, 0.29) is 6.10 Å². The first-order chi connectivity index (χ1) is 12.2. The van der Waals surface area contributed by atoms with Crippen LogP contribution in [0.5, 0.6) is 0 Å². The van der Waals surface area contributed by atoms with Crippen LogP contribution in [0, 0.1) is 0 Å². The molecule has 7 nitrogen and oxygen atoms in total. The average Bonchev–Trinajstić information content (AvgIpc) is 3.22. The van der Waals surface area contributed by atoms with Gasteiger partial charge in [0.1, 0.15) is 12.1 Å². The molecule has 7 heteroatoms. The second-order valence-electron chi connectivity index (χ2n) is 6.73. The molecule has 25 heavy (non-hydrogen) atoms. The van der Waals surface area contributed by atoms with Gasteiger partial charge in [-0.1, -0.05) is 29.8 Å². The summed E-state index contributed by atoms with van der Waals surface area (Å²) >= 11 is 0. The van der Waals surface area contributed by atoms with Crippen LogP contribution in [0.3, 0.4) is 0 Å². The van der Waals surface area contributed by atoms with E-state index < -0.39 is 12.1 Å². The summed E-state index contributed by atoms with van der Waals surface area (Å²) in [7, 11) is 0. The summed E-state index contributed by atoms with van der Waals surface area (Å²) in [6.07, 6.45) is 3.11. The van der Waals surface area contributed by atoms with Crippen molar-refractivity contribution >= 4 is 6.09 Å². The minimum atomic E-state index is -0.458. The highest BCUT2D eigenvalue weighted by atomic mass is 16.6. The molecule has 2 aromatic rings. The summed E-state index contributed by atoms with van der Waals surface area (Å²) in [5, 5.41) is 6.76. The molecule has 132 valence electrons. The Morgan fingerprint density at radius 2 is 2.12 bits per heavy atom. The number of benzene rings is 1. The van der Waals surface area contributed by atoms with Crippen LogP contribution < -0.4 is 5.32 Å². The van der Waals surface area contributed by atoms with Gasteiger partial charge in [0, 0.05) is 12.1 Å². The molecule has 2 aliphatic heterocycles. The molecule has 0 aliphatic carbocycles. The fourth-order valence-electron chi connectivity index (χ4n) is 3.44. The van der Waals surface area contributed by atoms with Gasteiger partial charge in [0.15, 0.2) is 0 Å². The summed E-state index contributed by atoms with van der Waals surface area (Å²) in [5.74, 6) is 0.902. The third-order valence-corrected chi connectivity index (χ3v) is 4.78. The number of carbonyl (C=O) groups is 1. The largest absolute Gasteiger partial charge is 0.444 e. The molecule has 2 fully saturated rings. The Morgan fingerprint density at radius 1 is 1.28 bits per heavy atom. The lowest BCUT2D eigenvalue weighted by molar-refractivity contribution is 0.137. The lowest BCUT2D eigenvalue weighted by Gasteiger charge is -2.26. The number of alkyl carbamates (subject to hydrolysis) is 1. The normalized spacial score (nSPS) is 24.1. The van der Waals surface area contributed by atoms with Crippen molar-refractivity contribution in [3.05, 3.63) is 35.7 Å². The predicted octanol–water partition coefficient (Wildman–Crippen LogP) is 2.89. The Balaban J connectivity index is 1.50. The van der Waals surface area contributed by atoms with Gasteiger partial charge in [-0.3, -0.25) is 4.90 Å². The maximum Gasteiger partial charge on any atom is 0.408 e. The van der Waals surface area contributed by atoms with Crippen molar-refractivity contribution in [3.8, 4) is 11.4 Å². The van der Waals surface area contributed by atoms with Crippen molar-refractivity contribution in [1.82, 2.24) is 20.4 Å². The number of hydrogen-bond acceptors (Lipinski definition) is 6. The highest BCUT2D eigenvalue weighted by Gasteiger charge is 2.36. The first-order valence-electron chi connectivity index (χ1n) is 8.81. The Labute approximate surface area is 146 Å². The van der Waals surface area contributed by atoms with Crippen LogP contribution in [0.15, 0.2) is 28.8 Å². The van der Waals surface area contributed by atoms with Crippen molar-refractivity contribution in [3.63, 3.8) is 0 Å². The van der Waals surface area contributed by atoms with Crippen LogP contribution in [0.4, 0.5) is 4.79 Å². The Kier molecular flexibility index (Phi) is 4.40. The molecule has 4 rings (SSSR count). The van der Waals surface area contributed by atoms with Crippen LogP contribution >= 0.6 is 0 Å². The van der Waals surface area contributed by atoms with Crippen molar-refractivity contribution in [2.24, 2.45) is 0 Å². The highest BCUT2D eigenvalue weighted by molar-refractivity contribution is 5.70. The number of rotatable bonds is 4. The van der Waals surface area contributed by atoms with Gasteiger partial charge < -0.3 is 14.6 Å². The monoisotopic (exact) mass is 342 g/mol. The third-order valence-electron chi connectivity index (χ3n) is 4.78. The molecule has 2 atom stereocenters. The van der Waals surface area contributed by atoms with Gasteiger partial charge in [-0.25, -0.2) is 4.79 Å². The number of carbonyl (C=O) groups excluding carboxylic acids is 1. The molecule has 0 bridgehead atoms. The number of amides is 1. The highest BCUT2D eigenvalue weighted by Crippen LogP contribution is 2.26. The van der Waals surface area contributed by atoms with Crippen LogP contribution in [0.25, 0.3) is 11.4 Å². The van der Waals surface area contributed by atoms with E-state index in [1.807, 2.05) is 12.1 Å². The number of aromatic nitrogens is 2. The van der Waals surface area contributed by atoms with Gasteiger partial charge in [0.2, 0.25) is 5.82 Å². The first-order valence-corrected chi connectivity index (χ1v) is 8.81.